The molecule has 23 heavy (non-hydrogen) atoms. The summed E-state index contributed by atoms with van der Waals surface area (Å²) in [6.45, 7) is 5.29. The Labute approximate surface area is 139 Å². The van der Waals surface area contributed by atoms with Gasteiger partial charge in [0.05, 0.1) is 18.0 Å². The van der Waals surface area contributed by atoms with E-state index in [9.17, 15) is 4.79 Å². The maximum absolute atomic E-state index is 11.7. The van der Waals surface area contributed by atoms with Crippen LogP contribution in [0.5, 0.6) is 0 Å². The maximum atomic E-state index is 11.7. The third-order valence-electron chi connectivity index (χ3n) is 3.21. The van der Waals surface area contributed by atoms with Crippen molar-refractivity contribution < 1.29 is 9.53 Å². The zero-order valence-corrected chi connectivity index (χ0v) is 14.3. The van der Waals surface area contributed by atoms with E-state index in [4.69, 9.17) is 4.74 Å². The summed E-state index contributed by atoms with van der Waals surface area (Å²) in [5.41, 5.74) is 2.13. The first-order valence-electron chi connectivity index (χ1n) is 7.39. The van der Waals surface area contributed by atoms with E-state index >= 15 is 0 Å². The van der Waals surface area contributed by atoms with Crippen LogP contribution in [0.25, 0.3) is 5.69 Å². The number of benzene rings is 1. The third-order valence-corrected chi connectivity index (χ3v) is 4.13. The van der Waals surface area contributed by atoms with Crippen LogP contribution in [-0.4, -0.2) is 52.1 Å². The Morgan fingerprint density at radius 1 is 1.35 bits per heavy atom. The summed E-state index contributed by atoms with van der Waals surface area (Å²) in [6.07, 6.45) is 0. The van der Waals surface area contributed by atoms with E-state index in [2.05, 4.69) is 46.8 Å². The molecule has 0 spiro atoms. The zero-order valence-electron chi connectivity index (χ0n) is 13.5. The molecule has 1 aromatic carbocycles. The van der Waals surface area contributed by atoms with E-state index in [1.54, 1.807) is 11.8 Å². The van der Waals surface area contributed by atoms with Gasteiger partial charge in [-0.25, -0.2) is 0 Å². The lowest BCUT2D eigenvalue weighted by Crippen LogP contribution is -2.28. The predicted octanol–water partition coefficient (Wildman–Crippen LogP) is 1.64. The van der Waals surface area contributed by atoms with Crippen LogP contribution in [0, 0.1) is 0 Å². The van der Waals surface area contributed by atoms with Gasteiger partial charge in [0.25, 0.3) is 0 Å². The highest BCUT2D eigenvalue weighted by molar-refractivity contribution is 7.99. The van der Waals surface area contributed by atoms with Crippen molar-refractivity contribution in [2.24, 2.45) is 0 Å². The second-order valence-electron chi connectivity index (χ2n) is 5.25. The van der Waals surface area contributed by atoms with E-state index in [1.165, 1.54) is 17.3 Å². The number of aromatic nitrogens is 4. The Morgan fingerprint density at radius 2 is 2.09 bits per heavy atom. The van der Waals surface area contributed by atoms with Crippen molar-refractivity contribution in [3.63, 3.8) is 0 Å². The average molecular weight is 335 g/mol. The SMILES string of the molecule is COCCNC(=O)CSc1nnnn1-c1ccc(C(C)C)cc1. The Morgan fingerprint density at radius 3 is 2.74 bits per heavy atom. The zero-order chi connectivity index (χ0) is 16.7. The fourth-order valence-electron chi connectivity index (χ4n) is 1.91. The van der Waals surface area contributed by atoms with E-state index in [0.29, 0.717) is 24.2 Å². The van der Waals surface area contributed by atoms with Gasteiger partial charge in [0.2, 0.25) is 11.1 Å². The number of amides is 1. The number of carbonyl (C=O) groups is 1. The second-order valence-corrected chi connectivity index (χ2v) is 6.19. The molecule has 7 nitrogen and oxygen atoms in total. The van der Waals surface area contributed by atoms with Crippen LogP contribution in [0.2, 0.25) is 0 Å². The van der Waals surface area contributed by atoms with Crippen LogP contribution in [0.4, 0.5) is 0 Å². The van der Waals surface area contributed by atoms with E-state index in [-0.39, 0.29) is 11.7 Å². The molecule has 8 heteroatoms. The van der Waals surface area contributed by atoms with Gasteiger partial charge in [0, 0.05) is 13.7 Å². The third kappa shape index (κ3) is 5.04. The van der Waals surface area contributed by atoms with Gasteiger partial charge in [-0.1, -0.05) is 37.7 Å². The molecular weight excluding hydrogens is 314 g/mol. The fraction of sp³-hybridized carbons (Fsp3) is 0.467. The summed E-state index contributed by atoms with van der Waals surface area (Å²) >= 11 is 1.30. The molecule has 1 N–H and O–H groups in total. The van der Waals surface area contributed by atoms with Gasteiger partial charge in [0.15, 0.2) is 0 Å². The Hall–Kier alpha value is -1.93. The number of rotatable bonds is 8. The molecule has 0 fully saturated rings. The van der Waals surface area contributed by atoms with Gasteiger partial charge in [-0.05, 0) is 34.0 Å². The van der Waals surface area contributed by atoms with Crippen molar-refractivity contribution in [1.82, 2.24) is 25.5 Å². The van der Waals surface area contributed by atoms with Crippen molar-refractivity contribution >= 4 is 17.7 Å². The first-order valence-corrected chi connectivity index (χ1v) is 8.37. The molecule has 0 atom stereocenters. The number of nitrogens with one attached hydrogen (secondary N) is 1. The molecule has 1 heterocycles. The van der Waals surface area contributed by atoms with E-state index < -0.39 is 0 Å². The minimum Gasteiger partial charge on any atom is -0.383 e. The van der Waals surface area contributed by atoms with Crippen LogP contribution in [0.15, 0.2) is 29.4 Å². The first kappa shape index (κ1) is 17.4. The lowest BCUT2D eigenvalue weighted by Gasteiger charge is -2.08. The van der Waals surface area contributed by atoms with Gasteiger partial charge < -0.3 is 10.1 Å². The molecule has 2 aromatic rings. The van der Waals surface area contributed by atoms with Gasteiger partial charge in [-0.3, -0.25) is 4.79 Å². The number of carbonyl (C=O) groups excluding carboxylic acids is 1. The summed E-state index contributed by atoms with van der Waals surface area (Å²) < 4.78 is 6.52. The highest BCUT2D eigenvalue weighted by Gasteiger charge is 2.11. The van der Waals surface area contributed by atoms with Crippen LogP contribution in [0.3, 0.4) is 0 Å². The quantitative estimate of drug-likeness (QED) is 0.583. The fourth-order valence-corrected chi connectivity index (χ4v) is 2.63. The molecule has 0 saturated heterocycles. The lowest BCUT2D eigenvalue weighted by molar-refractivity contribution is -0.118. The van der Waals surface area contributed by atoms with Gasteiger partial charge in [-0.15, -0.1) is 5.10 Å². The largest absolute Gasteiger partial charge is 0.383 e. The van der Waals surface area contributed by atoms with Gasteiger partial charge in [0.1, 0.15) is 0 Å². The average Bonchev–Trinajstić information content (AvgIpc) is 3.02. The number of thioether (sulfide) groups is 1. The number of hydrogen-bond acceptors (Lipinski definition) is 6. The Kier molecular flexibility index (Phi) is 6.54. The van der Waals surface area contributed by atoms with E-state index in [0.717, 1.165) is 5.69 Å². The van der Waals surface area contributed by atoms with Crippen LogP contribution < -0.4 is 5.32 Å². The number of ether oxygens (including phenoxy) is 1. The van der Waals surface area contributed by atoms with Crippen molar-refractivity contribution in [2.45, 2.75) is 24.9 Å². The molecule has 0 aliphatic heterocycles. The standard InChI is InChI=1S/C15H21N5O2S/c1-11(2)12-4-6-13(7-5-12)20-15(17-18-19-20)23-10-14(21)16-8-9-22-3/h4-7,11H,8-10H2,1-3H3,(H,16,21). The van der Waals surface area contributed by atoms with Crippen molar-refractivity contribution in [1.29, 1.82) is 0 Å². The van der Waals surface area contributed by atoms with Crippen LogP contribution in [0.1, 0.15) is 25.3 Å². The molecule has 0 saturated carbocycles. The summed E-state index contributed by atoms with van der Waals surface area (Å²) in [4.78, 5) is 11.7. The highest BCUT2D eigenvalue weighted by Crippen LogP contribution is 2.20. The molecule has 0 radical (unpaired) electrons. The molecule has 0 aliphatic carbocycles. The molecule has 1 aromatic heterocycles. The minimum atomic E-state index is -0.0724. The Balaban J connectivity index is 1.98. The van der Waals surface area contributed by atoms with Gasteiger partial charge in [-0.2, -0.15) is 4.68 Å². The molecule has 0 unspecified atom stereocenters. The second kappa shape index (κ2) is 8.64. The van der Waals surface area contributed by atoms with Gasteiger partial charge >= 0.3 is 0 Å². The molecule has 2 rings (SSSR count). The normalized spacial score (nSPS) is 11.0. The van der Waals surface area contributed by atoms with Crippen molar-refractivity contribution in [2.75, 3.05) is 26.0 Å². The number of methoxy groups -OCH3 is 1. The summed E-state index contributed by atoms with van der Waals surface area (Å²) in [7, 11) is 1.60. The maximum Gasteiger partial charge on any atom is 0.230 e. The molecule has 124 valence electrons. The van der Waals surface area contributed by atoms with Crippen LogP contribution in [-0.2, 0) is 9.53 Å². The topological polar surface area (TPSA) is 81.9 Å². The monoisotopic (exact) mass is 335 g/mol. The molecular formula is C15H21N5O2S. The summed E-state index contributed by atoms with van der Waals surface area (Å²) in [5, 5.41) is 15.0. The summed E-state index contributed by atoms with van der Waals surface area (Å²) in [6, 6.07) is 8.09. The van der Waals surface area contributed by atoms with Crippen LogP contribution >= 0.6 is 11.8 Å². The number of tetrazole rings is 1. The van der Waals surface area contributed by atoms with E-state index in [1.807, 2.05) is 12.1 Å². The predicted molar refractivity (Wildman–Crippen MR) is 88.9 cm³/mol. The molecule has 0 bridgehead atoms. The highest BCUT2D eigenvalue weighted by atomic mass is 32.2. The molecule has 0 aliphatic rings. The lowest BCUT2D eigenvalue weighted by atomic mass is 10.0. The number of nitrogens with zero attached hydrogens (tertiary/aromatic N) is 4. The number of hydrogen-bond donors (Lipinski definition) is 1. The van der Waals surface area contributed by atoms with Crippen molar-refractivity contribution in [3.8, 4) is 5.69 Å². The molecule has 1 amide bonds. The summed E-state index contributed by atoms with van der Waals surface area (Å²) in [5.74, 6) is 0.660. The minimum absolute atomic E-state index is 0.0724. The van der Waals surface area contributed by atoms with Crippen molar-refractivity contribution in [3.05, 3.63) is 29.8 Å². The smallest absolute Gasteiger partial charge is 0.230 e. The Bertz CT molecular complexity index is 627. The first-order chi connectivity index (χ1) is 11.1.